The van der Waals surface area contributed by atoms with Gasteiger partial charge in [-0.1, -0.05) is 24.6 Å². The van der Waals surface area contributed by atoms with E-state index in [1.54, 1.807) is 0 Å². The Balaban J connectivity index is 2.84. The standard InChI is InChI=1S/C12H13NO/c1-3-10-7-9-6-8(2)4-5-11(9)12(14)13-10/h4-7H,3H2,1-2H3,(H,13,14). The molecule has 1 heterocycles. The van der Waals surface area contributed by atoms with Crippen molar-refractivity contribution in [2.75, 3.05) is 0 Å². The highest BCUT2D eigenvalue weighted by atomic mass is 16.1. The van der Waals surface area contributed by atoms with E-state index in [0.29, 0.717) is 0 Å². The zero-order valence-corrected chi connectivity index (χ0v) is 8.42. The predicted octanol–water partition coefficient (Wildman–Crippen LogP) is 2.40. The molecule has 0 bridgehead atoms. The van der Waals surface area contributed by atoms with E-state index < -0.39 is 0 Å². The van der Waals surface area contributed by atoms with Gasteiger partial charge in [0.2, 0.25) is 0 Å². The normalized spacial score (nSPS) is 10.7. The molecular weight excluding hydrogens is 174 g/mol. The van der Waals surface area contributed by atoms with E-state index in [2.05, 4.69) is 4.98 Å². The lowest BCUT2D eigenvalue weighted by Crippen LogP contribution is -2.08. The van der Waals surface area contributed by atoms with E-state index in [9.17, 15) is 4.79 Å². The van der Waals surface area contributed by atoms with Crippen LogP contribution in [-0.4, -0.2) is 4.98 Å². The van der Waals surface area contributed by atoms with Crippen LogP contribution < -0.4 is 5.56 Å². The first-order valence-electron chi connectivity index (χ1n) is 4.83. The van der Waals surface area contributed by atoms with Crippen molar-refractivity contribution in [2.24, 2.45) is 0 Å². The van der Waals surface area contributed by atoms with Crippen LogP contribution in [0.4, 0.5) is 0 Å². The predicted molar refractivity (Wildman–Crippen MR) is 58.7 cm³/mol. The number of benzene rings is 1. The van der Waals surface area contributed by atoms with Gasteiger partial charge in [-0.05, 0) is 30.9 Å². The Bertz CT molecular complexity index is 525. The van der Waals surface area contributed by atoms with Crippen LogP contribution in [0.5, 0.6) is 0 Å². The maximum atomic E-state index is 11.6. The van der Waals surface area contributed by atoms with Gasteiger partial charge in [0.15, 0.2) is 0 Å². The molecule has 1 aromatic heterocycles. The van der Waals surface area contributed by atoms with Gasteiger partial charge in [-0.3, -0.25) is 4.79 Å². The summed E-state index contributed by atoms with van der Waals surface area (Å²) in [5, 5.41) is 1.80. The molecule has 1 aromatic carbocycles. The fourth-order valence-corrected chi connectivity index (χ4v) is 1.64. The van der Waals surface area contributed by atoms with Crippen LogP contribution in [0.3, 0.4) is 0 Å². The molecule has 0 saturated carbocycles. The van der Waals surface area contributed by atoms with Gasteiger partial charge in [0.25, 0.3) is 5.56 Å². The van der Waals surface area contributed by atoms with Crippen molar-refractivity contribution >= 4 is 10.8 Å². The highest BCUT2D eigenvalue weighted by molar-refractivity contribution is 5.82. The average molecular weight is 187 g/mol. The zero-order chi connectivity index (χ0) is 10.1. The van der Waals surface area contributed by atoms with Crippen LogP contribution in [0.1, 0.15) is 18.2 Å². The van der Waals surface area contributed by atoms with E-state index in [4.69, 9.17) is 0 Å². The Morgan fingerprint density at radius 2 is 2.07 bits per heavy atom. The Kier molecular flexibility index (Phi) is 2.12. The number of pyridine rings is 1. The smallest absolute Gasteiger partial charge is 0.256 e. The van der Waals surface area contributed by atoms with Crippen LogP contribution >= 0.6 is 0 Å². The Morgan fingerprint density at radius 1 is 1.29 bits per heavy atom. The molecule has 0 aliphatic heterocycles. The maximum absolute atomic E-state index is 11.6. The molecule has 72 valence electrons. The van der Waals surface area contributed by atoms with Gasteiger partial charge in [0, 0.05) is 11.1 Å². The number of H-pyrrole nitrogens is 1. The monoisotopic (exact) mass is 187 g/mol. The minimum atomic E-state index is 0.0133. The Morgan fingerprint density at radius 3 is 2.79 bits per heavy atom. The summed E-state index contributed by atoms with van der Waals surface area (Å²) in [6, 6.07) is 7.93. The van der Waals surface area contributed by atoms with Crippen LogP contribution in [0.15, 0.2) is 29.1 Å². The summed E-state index contributed by atoms with van der Waals surface area (Å²) < 4.78 is 0. The van der Waals surface area contributed by atoms with E-state index >= 15 is 0 Å². The minimum Gasteiger partial charge on any atom is -0.326 e. The van der Waals surface area contributed by atoms with E-state index in [-0.39, 0.29) is 5.56 Å². The van der Waals surface area contributed by atoms with Crippen molar-refractivity contribution in [2.45, 2.75) is 20.3 Å². The molecule has 2 rings (SSSR count). The number of aromatic nitrogens is 1. The number of hydrogen-bond acceptors (Lipinski definition) is 1. The quantitative estimate of drug-likeness (QED) is 0.730. The second kappa shape index (κ2) is 3.29. The highest BCUT2D eigenvalue weighted by Gasteiger charge is 2.00. The Hall–Kier alpha value is -1.57. The molecule has 0 amide bonds. The molecule has 0 aliphatic rings. The first kappa shape index (κ1) is 9.00. The van der Waals surface area contributed by atoms with Crippen molar-refractivity contribution in [1.82, 2.24) is 4.98 Å². The van der Waals surface area contributed by atoms with Crippen LogP contribution in [-0.2, 0) is 6.42 Å². The number of hydrogen-bond donors (Lipinski definition) is 1. The third-order valence-electron chi connectivity index (χ3n) is 2.44. The number of fused-ring (bicyclic) bond motifs is 1. The lowest BCUT2D eigenvalue weighted by Gasteiger charge is -2.01. The molecule has 2 aromatic rings. The highest BCUT2D eigenvalue weighted by Crippen LogP contribution is 2.12. The van der Waals surface area contributed by atoms with Crippen LogP contribution in [0.25, 0.3) is 10.8 Å². The van der Waals surface area contributed by atoms with Gasteiger partial charge in [-0.15, -0.1) is 0 Å². The van der Waals surface area contributed by atoms with Gasteiger partial charge < -0.3 is 4.98 Å². The lowest BCUT2D eigenvalue weighted by molar-refractivity contribution is 1.02. The van der Waals surface area contributed by atoms with Crippen molar-refractivity contribution in [3.05, 3.63) is 45.9 Å². The van der Waals surface area contributed by atoms with E-state index in [1.165, 1.54) is 5.56 Å². The fraction of sp³-hybridized carbons (Fsp3) is 0.250. The molecule has 1 N–H and O–H groups in total. The van der Waals surface area contributed by atoms with Crippen molar-refractivity contribution in [3.63, 3.8) is 0 Å². The first-order valence-corrected chi connectivity index (χ1v) is 4.83. The lowest BCUT2D eigenvalue weighted by atomic mass is 10.1. The van der Waals surface area contributed by atoms with Gasteiger partial charge in [0.1, 0.15) is 0 Å². The third kappa shape index (κ3) is 1.43. The number of aryl methyl sites for hydroxylation is 2. The molecule has 0 unspecified atom stereocenters. The molecule has 2 nitrogen and oxygen atoms in total. The summed E-state index contributed by atoms with van der Waals surface area (Å²) in [4.78, 5) is 14.5. The fourth-order valence-electron chi connectivity index (χ4n) is 1.64. The molecule has 0 atom stereocenters. The summed E-state index contributed by atoms with van der Waals surface area (Å²) in [7, 11) is 0. The molecule has 0 saturated heterocycles. The molecule has 0 aliphatic carbocycles. The molecule has 14 heavy (non-hydrogen) atoms. The molecule has 0 radical (unpaired) electrons. The Labute approximate surface area is 82.6 Å². The second-order valence-electron chi connectivity index (χ2n) is 3.57. The topological polar surface area (TPSA) is 32.9 Å². The molecule has 2 heteroatoms. The molecule has 0 spiro atoms. The second-order valence-corrected chi connectivity index (χ2v) is 3.57. The van der Waals surface area contributed by atoms with Gasteiger partial charge in [-0.2, -0.15) is 0 Å². The van der Waals surface area contributed by atoms with Gasteiger partial charge in [0.05, 0.1) is 0 Å². The molecule has 0 fully saturated rings. The summed E-state index contributed by atoms with van der Waals surface area (Å²) in [5.74, 6) is 0. The number of nitrogens with one attached hydrogen (secondary N) is 1. The van der Waals surface area contributed by atoms with Crippen molar-refractivity contribution in [3.8, 4) is 0 Å². The average Bonchev–Trinajstić information content (AvgIpc) is 2.16. The SMILES string of the molecule is CCc1cc2cc(C)ccc2c(=O)[nH]1. The van der Waals surface area contributed by atoms with E-state index in [0.717, 1.165) is 22.9 Å². The zero-order valence-electron chi connectivity index (χ0n) is 8.42. The molecular formula is C12H13NO. The third-order valence-corrected chi connectivity index (χ3v) is 2.44. The van der Waals surface area contributed by atoms with Crippen molar-refractivity contribution < 1.29 is 0 Å². The first-order chi connectivity index (χ1) is 6.70. The summed E-state index contributed by atoms with van der Waals surface area (Å²) in [6.07, 6.45) is 0.860. The largest absolute Gasteiger partial charge is 0.326 e. The van der Waals surface area contributed by atoms with Gasteiger partial charge in [-0.25, -0.2) is 0 Å². The summed E-state index contributed by atoms with van der Waals surface area (Å²) >= 11 is 0. The number of rotatable bonds is 1. The van der Waals surface area contributed by atoms with Gasteiger partial charge >= 0.3 is 0 Å². The number of aromatic amines is 1. The van der Waals surface area contributed by atoms with Crippen LogP contribution in [0.2, 0.25) is 0 Å². The van der Waals surface area contributed by atoms with Crippen LogP contribution in [0, 0.1) is 6.92 Å². The van der Waals surface area contributed by atoms with Crippen molar-refractivity contribution in [1.29, 1.82) is 0 Å². The summed E-state index contributed by atoms with van der Waals surface area (Å²) in [6.45, 7) is 4.07. The summed E-state index contributed by atoms with van der Waals surface area (Å²) in [5.41, 5.74) is 2.19. The van der Waals surface area contributed by atoms with E-state index in [1.807, 2.05) is 38.1 Å². The maximum Gasteiger partial charge on any atom is 0.256 e. The minimum absolute atomic E-state index is 0.0133.